The lowest BCUT2D eigenvalue weighted by Gasteiger charge is -2.17. The number of para-hydroxylation sites is 1. The summed E-state index contributed by atoms with van der Waals surface area (Å²) in [5, 5.41) is 2.76. The molecule has 1 saturated heterocycles. The number of carbonyl (C=O) groups is 2. The molecule has 2 aromatic carbocycles. The zero-order valence-electron chi connectivity index (χ0n) is 13.4. The van der Waals surface area contributed by atoms with Gasteiger partial charge in [0.05, 0.1) is 5.92 Å². The van der Waals surface area contributed by atoms with Gasteiger partial charge in [-0.2, -0.15) is 0 Å². The standard InChI is InChI=1S/C18H15ClF2N2O2/c1-10-5-6-12(8-13(10)19)23-9-11(7-16(23)24)18(25)22-17-14(20)3-2-4-15(17)21/h2-6,8,11H,7,9H2,1H3,(H,22,25). The first-order valence-corrected chi connectivity index (χ1v) is 8.06. The number of rotatable bonds is 3. The van der Waals surface area contributed by atoms with Crippen molar-refractivity contribution >= 4 is 34.8 Å². The number of halogens is 3. The molecule has 1 aliphatic rings. The summed E-state index contributed by atoms with van der Waals surface area (Å²) in [6.07, 6.45) is -0.0343. The molecule has 0 saturated carbocycles. The van der Waals surface area contributed by atoms with E-state index in [-0.39, 0.29) is 18.9 Å². The Balaban J connectivity index is 1.75. The summed E-state index contributed by atoms with van der Waals surface area (Å²) < 4.78 is 27.3. The van der Waals surface area contributed by atoms with Gasteiger partial charge in [-0.15, -0.1) is 0 Å². The normalized spacial score (nSPS) is 17.0. The van der Waals surface area contributed by atoms with Gasteiger partial charge in [0.1, 0.15) is 17.3 Å². The van der Waals surface area contributed by atoms with Gasteiger partial charge >= 0.3 is 0 Å². The fraction of sp³-hybridized carbons (Fsp3) is 0.222. The topological polar surface area (TPSA) is 49.4 Å². The molecule has 130 valence electrons. The summed E-state index contributed by atoms with van der Waals surface area (Å²) in [5.41, 5.74) is 0.964. The highest BCUT2D eigenvalue weighted by molar-refractivity contribution is 6.31. The third-order valence-corrected chi connectivity index (χ3v) is 4.58. The minimum Gasteiger partial charge on any atom is -0.321 e. The molecule has 1 aliphatic heterocycles. The van der Waals surface area contributed by atoms with Gasteiger partial charge in [0.15, 0.2) is 0 Å². The Morgan fingerprint density at radius 3 is 2.56 bits per heavy atom. The van der Waals surface area contributed by atoms with Crippen molar-refractivity contribution in [2.45, 2.75) is 13.3 Å². The maximum absolute atomic E-state index is 13.7. The molecule has 0 radical (unpaired) electrons. The van der Waals surface area contributed by atoms with Crippen LogP contribution in [-0.4, -0.2) is 18.4 Å². The van der Waals surface area contributed by atoms with Crippen LogP contribution in [0.2, 0.25) is 5.02 Å². The van der Waals surface area contributed by atoms with Crippen molar-refractivity contribution in [3.63, 3.8) is 0 Å². The lowest BCUT2D eigenvalue weighted by Crippen LogP contribution is -2.28. The Labute approximate surface area is 148 Å². The fourth-order valence-electron chi connectivity index (χ4n) is 2.72. The van der Waals surface area contributed by atoms with Crippen molar-refractivity contribution in [3.05, 3.63) is 58.6 Å². The first-order valence-electron chi connectivity index (χ1n) is 7.68. The van der Waals surface area contributed by atoms with Gasteiger partial charge in [0, 0.05) is 23.7 Å². The van der Waals surface area contributed by atoms with Crippen LogP contribution < -0.4 is 10.2 Å². The molecule has 25 heavy (non-hydrogen) atoms. The third kappa shape index (κ3) is 3.49. The SMILES string of the molecule is Cc1ccc(N2CC(C(=O)Nc3c(F)cccc3F)CC2=O)cc1Cl. The molecule has 1 unspecified atom stereocenters. The highest BCUT2D eigenvalue weighted by atomic mass is 35.5. The molecule has 0 aliphatic carbocycles. The van der Waals surface area contributed by atoms with Gasteiger partial charge in [-0.1, -0.05) is 23.7 Å². The van der Waals surface area contributed by atoms with Gasteiger partial charge in [-0.3, -0.25) is 9.59 Å². The molecule has 0 spiro atoms. The summed E-state index contributed by atoms with van der Waals surface area (Å²) in [5.74, 6) is -3.27. The average molecular weight is 365 g/mol. The summed E-state index contributed by atoms with van der Waals surface area (Å²) in [7, 11) is 0. The molecular weight excluding hydrogens is 350 g/mol. The molecule has 0 bridgehead atoms. The minimum absolute atomic E-state index is 0.0343. The van der Waals surface area contributed by atoms with Crippen molar-refractivity contribution in [2.24, 2.45) is 5.92 Å². The zero-order chi connectivity index (χ0) is 18.1. The van der Waals surface area contributed by atoms with E-state index in [1.54, 1.807) is 18.2 Å². The zero-order valence-corrected chi connectivity index (χ0v) is 14.1. The highest BCUT2D eigenvalue weighted by Crippen LogP contribution is 2.29. The lowest BCUT2D eigenvalue weighted by molar-refractivity contribution is -0.122. The molecular formula is C18H15ClF2N2O2. The smallest absolute Gasteiger partial charge is 0.229 e. The second kappa shape index (κ2) is 6.80. The van der Waals surface area contributed by atoms with Gasteiger partial charge in [-0.25, -0.2) is 8.78 Å². The Morgan fingerprint density at radius 2 is 1.92 bits per heavy atom. The lowest BCUT2D eigenvalue weighted by atomic mass is 10.1. The quantitative estimate of drug-likeness (QED) is 0.897. The molecule has 1 fully saturated rings. The van der Waals surface area contributed by atoms with Gasteiger partial charge < -0.3 is 10.2 Å². The van der Waals surface area contributed by atoms with Crippen LogP contribution in [0.25, 0.3) is 0 Å². The van der Waals surface area contributed by atoms with E-state index < -0.39 is 29.1 Å². The maximum Gasteiger partial charge on any atom is 0.229 e. The van der Waals surface area contributed by atoms with Gasteiger partial charge in [-0.05, 0) is 36.8 Å². The Hall–Kier alpha value is -2.47. The van der Waals surface area contributed by atoms with Crippen molar-refractivity contribution in [3.8, 4) is 0 Å². The van der Waals surface area contributed by atoms with Crippen molar-refractivity contribution in [1.82, 2.24) is 0 Å². The molecule has 3 rings (SSSR count). The van der Waals surface area contributed by atoms with Gasteiger partial charge in [0.25, 0.3) is 0 Å². The molecule has 1 atom stereocenters. The van der Waals surface area contributed by atoms with E-state index in [1.807, 2.05) is 6.92 Å². The van der Waals surface area contributed by atoms with E-state index in [4.69, 9.17) is 11.6 Å². The van der Waals surface area contributed by atoms with E-state index in [2.05, 4.69) is 5.32 Å². The average Bonchev–Trinajstić information content (AvgIpc) is 2.95. The number of benzene rings is 2. The molecule has 0 aromatic heterocycles. The predicted octanol–water partition coefficient (Wildman–Crippen LogP) is 3.92. The monoisotopic (exact) mass is 364 g/mol. The summed E-state index contributed by atoms with van der Waals surface area (Å²) in [4.78, 5) is 26.0. The van der Waals surface area contributed by atoms with Crippen LogP contribution >= 0.6 is 11.6 Å². The van der Waals surface area contributed by atoms with Crippen LogP contribution in [0.1, 0.15) is 12.0 Å². The van der Waals surface area contributed by atoms with Crippen molar-refractivity contribution in [1.29, 1.82) is 0 Å². The van der Waals surface area contributed by atoms with E-state index in [9.17, 15) is 18.4 Å². The van der Waals surface area contributed by atoms with Crippen LogP contribution in [0.15, 0.2) is 36.4 Å². The minimum atomic E-state index is -0.861. The summed E-state index contributed by atoms with van der Waals surface area (Å²) >= 11 is 6.08. The van der Waals surface area contributed by atoms with E-state index in [0.29, 0.717) is 10.7 Å². The molecule has 7 heteroatoms. The Bertz CT molecular complexity index is 837. The number of hydrogen-bond acceptors (Lipinski definition) is 2. The second-order valence-electron chi connectivity index (χ2n) is 5.92. The number of nitrogens with one attached hydrogen (secondary N) is 1. The van der Waals surface area contributed by atoms with Crippen LogP contribution in [0, 0.1) is 24.5 Å². The van der Waals surface area contributed by atoms with Crippen molar-refractivity contribution in [2.75, 3.05) is 16.8 Å². The summed E-state index contributed by atoms with van der Waals surface area (Å²) in [6, 6.07) is 8.51. The van der Waals surface area contributed by atoms with E-state index >= 15 is 0 Å². The summed E-state index contributed by atoms with van der Waals surface area (Å²) in [6.45, 7) is 1.97. The number of carbonyl (C=O) groups excluding carboxylic acids is 2. The predicted molar refractivity (Wildman–Crippen MR) is 91.6 cm³/mol. The van der Waals surface area contributed by atoms with Crippen LogP contribution in [0.4, 0.5) is 20.2 Å². The second-order valence-corrected chi connectivity index (χ2v) is 6.33. The Morgan fingerprint density at radius 1 is 1.24 bits per heavy atom. The molecule has 4 nitrogen and oxygen atoms in total. The number of anilines is 2. The van der Waals surface area contributed by atoms with Crippen LogP contribution in [0.3, 0.4) is 0 Å². The molecule has 1 heterocycles. The van der Waals surface area contributed by atoms with Crippen LogP contribution in [0.5, 0.6) is 0 Å². The van der Waals surface area contributed by atoms with Gasteiger partial charge in [0.2, 0.25) is 11.8 Å². The number of aryl methyl sites for hydroxylation is 1. The third-order valence-electron chi connectivity index (χ3n) is 4.17. The maximum atomic E-state index is 13.7. The first kappa shape index (κ1) is 17.4. The van der Waals surface area contributed by atoms with Crippen molar-refractivity contribution < 1.29 is 18.4 Å². The van der Waals surface area contributed by atoms with Crippen LogP contribution in [-0.2, 0) is 9.59 Å². The number of nitrogens with zero attached hydrogens (tertiary/aromatic N) is 1. The molecule has 2 amide bonds. The fourth-order valence-corrected chi connectivity index (χ4v) is 2.90. The molecule has 1 N–H and O–H groups in total. The number of amides is 2. The first-order chi connectivity index (χ1) is 11.9. The van der Waals surface area contributed by atoms with E-state index in [0.717, 1.165) is 17.7 Å². The van der Waals surface area contributed by atoms with E-state index in [1.165, 1.54) is 11.0 Å². The largest absolute Gasteiger partial charge is 0.321 e. The number of hydrogen-bond donors (Lipinski definition) is 1. The molecule has 2 aromatic rings. The Kier molecular flexibility index (Phi) is 4.72. The highest BCUT2D eigenvalue weighted by Gasteiger charge is 2.35.